The van der Waals surface area contributed by atoms with Crippen molar-refractivity contribution in [1.29, 1.82) is 0 Å². The summed E-state index contributed by atoms with van der Waals surface area (Å²) in [5, 5.41) is 0.696. The smallest absolute Gasteiger partial charge is 0.316 e. The summed E-state index contributed by atoms with van der Waals surface area (Å²) in [5.41, 5.74) is -0.691. The molecule has 2 aromatic carbocycles. The molecule has 0 N–H and O–H groups in total. The quantitative estimate of drug-likeness (QED) is 0.467. The molecule has 0 aliphatic rings. The lowest BCUT2D eigenvalue weighted by molar-refractivity contribution is -0.142. The fourth-order valence-corrected chi connectivity index (χ4v) is 2.31. The van der Waals surface area contributed by atoms with Crippen LogP contribution in [0, 0.1) is 5.41 Å². The molecule has 0 amide bonds. The monoisotopic (exact) mass is 372 g/mol. The Kier molecular flexibility index (Phi) is 4.74. The molecule has 5 nitrogen and oxygen atoms in total. The molecule has 134 valence electrons. The van der Waals surface area contributed by atoms with Crippen LogP contribution >= 0.6 is 11.6 Å². The first kappa shape index (κ1) is 18.0. The first-order chi connectivity index (χ1) is 12.3. The lowest BCUT2D eigenvalue weighted by Gasteiger charge is -2.16. The lowest BCUT2D eigenvalue weighted by atomic mass is 9.97. The highest BCUT2D eigenvalue weighted by molar-refractivity contribution is 6.32. The lowest BCUT2D eigenvalue weighted by Crippen LogP contribution is -2.25. The van der Waals surface area contributed by atoms with Crippen molar-refractivity contribution in [2.45, 2.75) is 20.8 Å². The molecule has 0 bridgehead atoms. The standard InChI is InChI=1S/C20H17ClO5/c1-20(2,3)19(23)25-12-8-9-13-16(10-12)24-11-17(18(13)22)26-15-7-5-4-6-14(15)21/h4-11H,1-3H3. The molecule has 0 fully saturated rings. The molecule has 6 heteroatoms. The van der Waals surface area contributed by atoms with Gasteiger partial charge in [0.25, 0.3) is 0 Å². The van der Waals surface area contributed by atoms with Crippen LogP contribution in [0.4, 0.5) is 0 Å². The molecule has 0 atom stereocenters. The minimum absolute atomic E-state index is 0.0186. The van der Waals surface area contributed by atoms with Crippen molar-refractivity contribution in [3.8, 4) is 17.2 Å². The maximum Gasteiger partial charge on any atom is 0.316 e. The van der Waals surface area contributed by atoms with Crippen molar-refractivity contribution in [1.82, 2.24) is 0 Å². The molecule has 1 aromatic heterocycles. The highest BCUT2D eigenvalue weighted by atomic mass is 35.5. The fourth-order valence-electron chi connectivity index (χ4n) is 2.13. The number of benzene rings is 2. The number of carbonyl (C=O) groups excluding carboxylic acids is 1. The molecule has 1 heterocycles. The molecular weight excluding hydrogens is 356 g/mol. The van der Waals surface area contributed by atoms with E-state index < -0.39 is 5.41 Å². The van der Waals surface area contributed by atoms with Crippen LogP contribution in [0.25, 0.3) is 11.0 Å². The number of halogens is 1. The van der Waals surface area contributed by atoms with E-state index in [0.29, 0.717) is 27.5 Å². The Labute approximate surface area is 155 Å². The molecule has 0 aliphatic heterocycles. The molecule has 0 saturated heterocycles. The molecule has 0 saturated carbocycles. The summed E-state index contributed by atoms with van der Waals surface area (Å²) in [6, 6.07) is 11.4. The highest BCUT2D eigenvalue weighted by Gasteiger charge is 2.24. The van der Waals surface area contributed by atoms with Crippen molar-refractivity contribution in [2.24, 2.45) is 5.41 Å². The molecule has 0 unspecified atom stereocenters. The zero-order valence-electron chi connectivity index (χ0n) is 14.5. The number of ether oxygens (including phenoxy) is 2. The van der Waals surface area contributed by atoms with Gasteiger partial charge in [0.1, 0.15) is 23.3 Å². The van der Waals surface area contributed by atoms with E-state index in [2.05, 4.69) is 0 Å². The second-order valence-corrected chi connectivity index (χ2v) is 7.17. The number of carbonyl (C=O) groups is 1. The van der Waals surface area contributed by atoms with Gasteiger partial charge >= 0.3 is 5.97 Å². The Bertz CT molecular complexity index is 1030. The molecule has 26 heavy (non-hydrogen) atoms. The number of rotatable bonds is 3. The largest absolute Gasteiger partial charge is 0.460 e. The number of hydrogen-bond donors (Lipinski definition) is 0. The van der Waals surface area contributed by atoms with E-state index >= 15 is 0 Å². The zero-order chi connectivity index (χ0) is 18.9. The molecule has 0 spiro atoms. The summed E-state index contributed by atoms with van der Waals surface area (Å²) < 4.78 is 16.4. The van der Waals surface area contributed by atoms with Gasteiger partial charge in [-0.25, -0.2) is 0 Å². The van der Waals surface area contributed by atoms with Gasteiger partial charge in [0.15, 0.2) is 0 Å². The van der Waals surface area contributed by atoms with Crippen molar-refractivity contribution >= 4 is 28.5 Å². The highest BCUT2D eigenvalue weighted by Crippen LogP contribution is 2.29. The predicted octanol–water partition coefficient (Wildman–Crippen LogP) is 5.19. The number of hydrogen-bond acceptors (Lipinski definition) is 5. The van der Waals surface area contributed by atoms with Crippen LogP contribution < -0.4 is 14.9 Å². The summed E-state index contributed by atoms with van der Waals surface area (Å²) in [4.78, 5) is 24.6. The van der Waals surface area contributed by atoms with Crippen molar-refractivity contribution in [3.05, 3.63) is 64.0 Å². The van der Waals surface area contributed by atoms with E-state index in [9.17, 15) is 9.59 Å². The fraction of sp³-hybridized carbons (Fsp3) is 0.200. The Balaban J connectivity index is 1.93. The molecule has 3 aromatic rings. The van der Waals surface area contributed by atoms with Crippen LogP contribution in [0.3, 0.4) is 0 Å². The topological polar surface area (TPSA) is 65.7 Å². The van der Waals surface area contributed by atoms with Gasteiger partial charge in [-0.15, -0.1) is 0 Å². The Morgan fingerprint density at radius 3 is 2.50 bits per heavy atom. The van der Waals surface area contributed by atoms with Gasteiger partial charge in [-0.3, -0.25) is 9.59 Å². The minimum atomic E-state index is -0.636. The van der Waals surface area contributed by atoms with Gasteiger partial charge in [0.2, 0.25) is 11.2 Å². The van der Waals surface area contributed by atoms with Gasteiger partial charge in [0, 0.05) is 6.07 Å². The number of fused-ring (bicyclic) bond motifs is 1. The molecular formula is C20H17ClO5. The predicted molar refractivity (Wildman–Crippen MR) is 99.1 cm³/mol. The van der Waals surface area contributed by atoms with Crippen molar-refractivity contribution in [3.63, 3.8) is 0 Å². The Morgan fingerprint density at radius 1 is 1.08 bits per heavy atom. The second-order valence-electron chi connectivity index (χ2n) is 6.76. The number of para-hydroxylation sites is 1. The third-order valence-corrected chi connectivity index (χ3v) is 3.91. The van der Waals surface area contributed by atoms with E-state index in [0.717, 1.165) is 0 Å². The molecule has 0 aliphatic carbocycles. The molecule has 3 rings (SSSR count). The van der Waals surface area contributed by atoms with Crippen LogP contribution in [-0.2, 0) is 4.79 Å². The second kappa shape index (κ2) is 6.84. The van der Waals surface area contributed by atoms with Gasteiger partial charge in [-0.2, -0.15) is 0 Å². The normalized spacial score (nSPS) is 11.4. The van der Waals surface area contributed by atoms with E-state index in [-0.39, 0.29) is 17.1 Å². The van der Waals surface area contributed by atoms with Gasteiger partial charge in [0.05, 0.1) is 15.8 Å². The summed E-state index contributed by atoms with van der Waals surface area (Å²) in [5.74, 6) is 0.305. The van der Waals surface area contributed by atoms with Crippen LogP contribution in [-0.4, -0.2) is 5.97 Å². The summed E-state index contributed by atoms with van der Waals surface area (Å²) >= 11 is 6.04. The maximum absolute atomic E-state index is 12.6. The third-order valence-electron chi connectivity index (χ3n) is 3.59. The first-order valence-electron chi connectivity index (χ1n) is 7.96. The van der Waals surface area contributed by atoms with Gasteiger partial charge < -0.3 is 13.9 Å². The summed E-state index contributed by atoms with van der Waals surface area (Å²) in [6.45, 7) is 5.28. The van der Waals surface area contributed by atoms with Crippen molar-refractivity contribution in [2.75, 3.05) is 0 Å². The van der Waals surface area contributed by atoms with Crippen LogP contribution in [0.1, 0.15) is 20.8 Å². The van der Waals surface area contributed by atoms with E-state index in [4.69, 9.17) is 25.5 Å². The SMILES string of the molecule is CC(C)(C)C(=O)Oc1ccc2c(=O)c(Oc3ccccc3Cl)coc2c1. The van der Waals surface area contributed by atoms with E-state index in [1.807, 2.05) is 0 Å². The van der Waals surface area contributed by atoms with E-state index in [1.165, 1.54) is 18.4 Å². The summed E-state index contributed by atoms with van der Waals surface area (Å²) in [7, 11) is 0. The minimum Gasteiger partial charge on any atom is -0.460 e. The Hall–Kier alpha value is -2.79. The number of esters is 1. The summed E-state index contributed by atoms with van der Waals surface area (Å²) in [6.07, 6.45) is 1.21. The van der Waals surface area contributed by atoms with Crippen LogP contribution in [0.5, 0.6) is 17.2 Å². The maximum atomic E-state index is 12.6. The first-order valence-corrected chi connectivity index (χ1v) is 8.34. The molecule has 0 radical (unpaired) electrons. The van der Waals surface area contributed by atoms with Crippen LogP contribution in [0.15, 0.2) is 57.9 Å². The van der Waals surface area contributed by atoms with Crippen LogP contribution in [0.2, 0.25) is 5.02 Å². The van der Waals surface area contributed by atoms with Gasteiger partial charge in [-0.05, 0) is 45.0 Å². The van der Waals surface area contributed by atoms with Gasteiger partial charge in [-0.1, -0.05) is 23.7 Å². The van der Waals surface area contributed by atoms with E-state index in [1.54, 1.807) is 51.1 Å². The zero-order valence-corrected chi connectivity index (χ0v) is 15.3. The average Bonchev–Trinajstić information content (AvgIpc) is 2.58. The average molecular weight is 373 g/mol. The Morgan fingerprint density at radius 2 is 1.81 bits per heavy atom. The third kappa shape index (κ3) is 3.73. The van der Waals surface area contributed by atoms with Crippen molar-refractivity contribution < 1.29 is 18.7 Å².